The number of hydrogen-bond donors (Lipinski definition) is 1. The number of anilines is 1. The maximum absolute atomic E-state index is 13.3. The topological polar surface area (TPSA) is 72.2 Å². The molecule has 0 saturated heterocycles. The van der Waals surface area contributed by atoms with Gasteiger partial charge in [-0.2, -0.15) is 0 Å². The Kier molecular flexibility index (Phi) is 3.92. The number of benzene rings is 1. The molecule has 2 aromatic heterocycles. The number of Topliss-reactive ketones (excluding diaryl/α,β-unsaturated/α-hetero) is 1. The molecule has 0 bridgehead atoms. The number of aromatic nitrogens is 1. The lowest BCUT2D eigenvalue weighted by Crippen LogP contribution is -2.26. The lowest BCUT2D eigenvalue weighted by atomic mass is 9.76. The molecule has 4 rings (SSSR count). The number of fused-ring (bicyclic) bond motifs is 2. The molecule has 1 aromatic carbocycles. The smallest absolute Gasteiger partial charge is 0.293 e. The zero-order valence-electron chi connectivity index (χ0n) is 14.9. The molecule has 1 aliphatic carbocycles. The maximum Gasteiger partial charge on any atom is 0.293 e. The summed E-state index contributed by atoms with van der Waals surface area (Å²) >= 11 is 1.03. The standard InChI is InChI=1S/C19H16F2N2O3S/c1-8-15-12(24)6-19(2,3)7-13(15)26-16(8)17(25)23-18-22-11-4-9(20)10(21)5-14(11)27-18/h4-5H,6-7H2,1-3H3,(H,22,23,25). The predicted molar refractivity (Wildman–Crippen MR) is 97.4 cm³/mol. The first-order valence-corrected chi connectivity index (χ1v) is 9.19. The molecule has 1 aliphatic rings. The number of thiazole rings is 1. The second kappa shape index (κ2) is 5.95. The van der Waals surface area contributed by atoms with Crippen LogP contribution in [0.25, 0.3) is 10.2 Å². The summed E-state index contributed by atoms with van der Waals surface area (Å²) in [4.78, 5) is 29.2. The Morgan fingerprint density at radius 2 is 1.96 bits per heavy atom. The summed E-state index contributed by atoms with van der Waals surface area (Å²) in [5.41, 5.74) is 1.01. The van der Waals surface area contributed by atoms with Crippen LogP contribution in [0.1, 0.15) is 52.5 Å². The highest BCUT2D eigenvalue weighted by Gasteiger charge is 2.37. The zero-order valence-corrected chi connectivity index (χ0v) is 15.7. The third-order valence-electron chi connectivity index (χ3n) is 4.63. The van der Waals surface area contributed by atoms with Crippen LogP contribution in [-0.2, 0) is 6.42 Å². The fourth-order valence-corrected chi connectivity index (χ4v) is 4.30. The fourth-order valence-electron chi connectivity index (χ4n) is 3.43. The molecule has 140 valence electrons. The lowest BCUT2D eigenvalue weighted by molar-refractivity contribution is 0.0898. The van der Waals surface area contributed by atoms with Crippen molar-refractivity contribution in [2.24, 2.45) is 5.41 Å². The maximum atomic E-state index is 13.3. The molecule has 3 aromatic rings. The van der Waals surface area contributed by atoms with Crippen molar-refractivity contribution < 1.29 is 22.8 Å². The van der Waals surface area contributed by atoms with Crippen molar-refractivity contribution >= 4 is 38.4 Å². The summed E-state index contributed by atoms with van der Waals surface area (Å²) in [7, 11) is 0. The molecule has 0 saturated carbocycles. The average molecular weight is 390 g/mol. The van der Waals surface area contributed by atoms with Gasteiger partial charge >= 0.3 is 0 Å². The van der Waals surface area contributed by atoms with Crippen molar-refractivity contribution in [2.45, 2.75) is 33.6 Å². The van der Waals surface area contributed by atoms with E-state index in [-0.39, 0.29) is 27.6 Å². The van der Waals surface area contributed by atoms with Gasteiger partial charge in [-0.1, -0.05) is 25.2 Å². The number of nitrogens with one attached hydrogen (secondary N) is 1. The van der Waals surface area contributed by atoms with Gasteiger partial charge in [0, 0.05) is 24.5 Å². The summed E-state index contributed by atoms with van der Waals surface area (Å²) in [6.07, 6.45) is 0.971. The van der Waals surface area contributed by atoms with Gasteiger partial charge in [0.15, 0.2) is 28.3 Å². The molecule has 1 amide bonds. The quantitative estimate of drug-likeness (QED) is 0.677. The number of hydrogen-bond acceptors (Lipinski definition) is 5. The monoisotopic (exact) mass is 390 g/mol. The number of amides is 1. The van der Waals surface area contributed by atoms with Crippen molar-refractivity contribution in [1.82, 2.24) is 4.98 Å². The molecule has 0 atom stereocenters. The number of carbonyl (C=O) groups excluding carboxylic acids is 2. The van der Waals surface area contributed by atoms with Gasteiger partial charge in [0.25, 0.3) is 5.91 Å². The molecule has 27 heavy (non-hydrogen) atoms. The van der Waals surface area contributed by atoms with E-state index in [9.17, 15) is 18.4 Å². The molecule has 1 N–H and O–H groups in total. The van der Waals surface area contributed by atoms with Crippen LogP contribution in [0.15, 0.2) is 16.5 Å². The number of carbonyl (C=O) groups is 2. The fraction of sp³-hybridized carbons (Fsp3) is 0.316. The summed E-state index contributed by atoms with van der Waals surface area (Å²) in [5, 5.41) is 2.79. The Bertz CT molecular complexity index is 1080. The van der Waals surface area contributed by atoms with Crippen LogP contribution in [0.5, 0.6) is 0 Å². The zero-order chi connectivity index (χ0) is 19.5. The van der Waals surface area contributed by atoms with Crippen molar-refractivity contribution in [1.29, 1.82) is 0 Å². The number of ketones is 1. The minimum atomic E-state index is -0.999. The largest absolute Gasteiger partial charge is 0.455 e. The minimum absolute atomic E-state index is 0.0347. The van der Waals surface area contributed by atoms with Crippen LogP contribution in [0, 0.1) is 24.0 Å². The Balaban J connectivity index is 1.65. The van der Waals surface area contributed by atoms with E-state index in [1.165, 1.54) is 0 Å². The van der Waals surface area contributed by atoms with E-state index in [1.807, 2.05) is 13.8 Å². The molecule has 0 radical (unpaired) electrons. The molecular weight excluding hydrogens is 374 g/mol. The molecule has 0 fully saturated rings. The summed E-state index contributed by atoms with van der Waals surface area (Å²) in [6.45, 7) is 5.63. The average Bonchev–Trinajstić information content (AvgIpc) is 3.07. The van der Waals surface area contributed by atoms with Gasteiger partial charge < -0.3 is 4.42 Å². The summed E-state index contributed by atoms with van der Waals surface area (Å²) in [6, 6.07) is 2.02. The highest BCUT2D eigenvalue weighted by molar-refractivity contribution is 7.22. The molecular formula is C19H16F2N2O3S. The van der Waals surface area contributed by atoms with E-state index in [2.05, 4.69) is 10.3 Å². The van der Waals surface area contributed by atoms with Crippen LogP contribution >= 0.6 is 11.3 Å². The first kappa shape index (κ1) is 17.8. The Morgan fingerprint density at radius 1 is 1.26 bits per heavy atom. The first-order valence-electron chi connectivity index (χ1n) is 8.37. The second-order valence-electron chi connectivity index (χ2n) is 7.50. The van der Waals surface area contributed by atoms with Gasteiger partial charge in [-0.25, -0.2) is 13.8 Å². The van der Waals surface area contributed by atoms with Gasteiger partial charge in [-0.15, -0.1) is 0 Å². The number of halogens is 2. The number of nitrogens with zero attached hydrogens (tertiary/aromatic N) is 1. The van der Waals surface area contributed by atoms with Crippen LogP contribution in [-0.4, -0.2) is 16.7 Å². The van der Waals surface area contributed by atoms with Crippen LogP contribution in [0.2, 0.25) is 0 Å². The molecule has 5 nitrogen and oxygen atoms in total. The van der Waals surface area contributed by atoms with Gasteiger partial charge in [-0.3, -0.25) is 14.9 Å². The van der Waals surface area contributed by atoms with E-state index in [1.54, 1.807) is 6.92 Å². The van der Waals surface area contributed by atoms with E-state index in [4.69, 9.17) is 4.42 Å². The van der Waals surface area contributed by atoms with E-state index < -0.39 is 17.5 Å². The Hall–Kier alpha value is -2.61. The van der Waals surface area contributed by atoms with Crippen LogP contribution < -0.4 is 5.32 Å². The molecule has 0 aliphatic heterocycles. The summed E-state index contributed by atoms with van der Waals surface area (Å²) in [5.74, 6) is -1.98. The van der Waals surface area contributed by atoms with E-state index in [0.29, 0.717) is 34.4 Å². The molecule has 0 spiro atoms. The van der Waals surface area contributed by atoms with Crippen molar-refractivity contribution in [3.05, 3.63) is 46.4 Å². The third-order valence-corrected chi connectivity index (χ3v) is 5.57. The Labute approximate surface area is 157 Å². The van der Waals surface area contributed by atoms with E-state index in [0.717, 1.165) is 23.5 Å². The normalized spacial score (nSPS) is 15.8. The summed E-state index contributed by atoms with van der Waals surface area (Å²) < 4.78 is 32.8. The molecule has 0 unspecified atom stereocenters. The van der Waals surface area contributed by atoms with Crippen molar-refractivity contribution in [3.8, 4) is 0 Å². The SMILES string of the molecule is Cc1c(C(=O)Nc2nc3cc(F)c(F)cc3s2)oc2c1C(=O)CC(C)(C)C2. The van der Waals surface area contributed by atoms with Gasteiger partial charge in [-0.05, 0) is 18.4 Å². The third kappa shape index (κ3) is 3.03. The second-order valence-corrected chi connectivity index (χ2v) is 8.53. The number of furan rings is 1. The van der Waals surface area contributed by atoms with Gasteiger partial charge in [0.2, 0.25) is 0 Å². The molecule has 2 heterocycles. The van der Waals surface area contributed by atoms with Crippen molar-refractivity contribution in [2.75, 3.05) is 5.32 Å². The molecule has 8 heteroatoms. The van der Waals surface area contributed by atoms with Crippen molar-refractivity contribution in [3.63, 3.8) is 0 Å². The minimum Gasteiger partial charge on any atom is -0.455 e. The number of rotatable bonds is 2. The highest BCUT2D eigenvalue weighted by atomic mass is 32.1. The van der Waals surface area contributed by atoms with E-state index >= 15 is 0 Å². The van der Waals surface area contributed by atoms with Gasteiger partial charge in [0.1, 0.15) is 5.76 Å². The first-order chi connectivity index (χ1) is 12.6. The van der Waals surface area contributed by atoms with Crippen LogP contribution in [0.4, 0.5) is 13.9 Å². The lowest BCUT2D eigenvalue weighted by Gasteiger charge is -2.27. The Morgan fingerprint density at radius 3 is 2.70 bits per heavy atom. The highest BCUT2D eigenvalue weighted by Crippen LogP contribution is 2.38. The van der Waals surface area contributed by atoms with Gasteiger partial charge in [0.05, 0.1) is 15.8 Å². The van der Waals surface area contributed by atoms with Crippen LogP contribution in [0.3, 0.4) is 0 Å². The predicted octanol–water partition coefficient (Wildman–Crippen LogP) is 4.88.